The molecule has 2 N–H and O–H groups in total. The Bertz CT molecular complexity index is 162. The van der Waals surface area contributed by atoms with Gasteiger partial charge in [-0.1, -0.05) is 0 Å². The van der Waals surface area contributed by atoms with E-state index >= 15 is 0 Å². The second-order valence-electron chi connectivity index (χ2n) is 1.75. The van der Waals surface area contributed by atoms with E-state index in [1.807, 2.05) is 0 Å². The number of hydrogen-bond donors (Lipinski definition) is 1. The number of rotatable bonds is 2. The average Bonchev–Trinajstić information content (AvgIpc) is 1.88. The van der Waals surface area contributed by atoms with Crippen molar-refractivity contribution in [1.82, 2.24) is 0 Å². The molecule has 0 unspecified atom stereocenters. The van der Waals surface area contributed by atoms with Gasteiger partial charge in [0.1, 0.15) is 0 Å². The Morgan fingerprint density at radius 1 is 1.64 bits per heavy atom. The Hall–Kier alpha value is -0.0161. The molecule has 0 aliphatic heterocycles. The Kier molecular flexibility index (Phi) is 8.24. The summed E-state index contributed by atoms with van der Waals surface area (Å²) in [5, 5.41) is 0. The van der Waals surface area contributed by atoms with Crippen molar-refractivity contribution in [3.8, 4) is 0 Å². The minimum atomic E-state index is -0.456. The van der Waals surface area contributed by atoms with Gasteiger partial charge in [-0.15, -0.1) is 11.3 Å². The van der Waals surface area contributed by atoms with Crippen molar-refractivity contribution in [2.75, 3.05) is 7.11 Å². The summed E-state index contributed by atoms with van der Waals surface area (Å²) < 4.78 is 4.41. The zero-order chi connectivity index (χ0) is 8.15. The van der Waals surface area contributed by atoms with Gasteiger partial charge in [0, 0.05) is 32.7 Å². The first-order valence-corrected chi connectivity index (χ1v) is 2.81. The molecule has 11 heavy (non-hydrogen) atoms. The first kappa shape index (κ1) is 13.6. The molecule has 0 aliphatic rings. The molecule has 0 bridgehead atoms. The van der Waals surface area contributed by atoms with Crippen molar-refractivity contribution in [2.24, 2.45) is 5.73 Å². The summed E-state index contributed by atoms with van der Waals surface area (Å²) in [6.07, 6.45) is 0.308. The van der Waals surface area contributed by atoms with Gasteiger partial charge in [0.2, 0.25) is 5.97 Å². The minimum absolute atomic E-state index is 0. The summed E-state index contributed by atoms with van der Waals surface area (Å²) in [6.45, 7) is 6.89. The summed E-state index contributed by atoms with van der Waals surface area (Å²) in [5.41, 5.74) is 5.81. The predicted molar refractivity (Wildman–Crippen MR) is 38.6 cm³/mol. The standard InChI is InChI=1S/C7H11NO2.Y/c1-4-6(5(2)8)7(9)10-3;/h1-2,4,8H2,3H3;/q-2;/b6-5-;. The fourth-order valence-electron chi connectivity index (χ4n) is 0.517. The van der Waals surface area contributed by atoms with Crippen LogP contribution in [0.4, 0.5) is 0 Å². The molecule has 0 fully saturated rings. The van der Waals surface area contributed by atoms with Gasteiger partial charge in [-0.05, 0) is 0 Å². The molecular formula is C7H11NO2Y-2. The van der Waals surface area contributed by atoms with Gasteiger partial charge in [-0.25, -0.2) is 13.3 Å². The number of ether oxygens (including phenoxy) is 1. The molecule has 0 rings (SSSR count). The van der Waals surface area contributed by atoms with Crippen molar-refractivity contribution >= 4 is 5.97 Å². The number of carbonyl (C=O) groups is 1. The van der Waals surface area contributed by atoms with E-state index in [0.717, 1.165) is 0 Å². The third kappa shape index (κ3) is 4.43. The van der Waals surface area contributed by atoms with Gasteiger partial charge in [-0.2, -0.15) is 0 Å². The molecule has 61 valence electrons. The Morgan fingerprint density at radius 3 is 2.18 bits per heavy atom. The average molecular weight is 230 g/mol. The summed E-state index contributed by atoms with van der Waals surface area (Å²) in [6, 6.07) is 0. The normalized spacial score (nSPS) is 11.1. The summed E-state index contributed by atoms with van der Waals surface area (Å²) in [4.78, 5) is 10.7. The van der Waals surface area contributed by atoms with E-state index in [0.29, 0.717) is 12.0 Å². The van der Waals surface area contributed by atoms with Gasteiger partial charge < -0.3 is 17.4 Å². The van der Waals surface area contributed by atoms with Gasteiger partial charge in [0.15, 0.2) is 0 Å². The monoisotopic (exact) mass is 230 g/mol. The quantitative estimate of drug-likeness (QED) is 0.425. The van der Waals surface area contributed by atoms with E-state index in [2.05, 4.69) is 18.6 Å². The van der Waals surface area contributed by atoms with Crippen LogP contribution in [0.25, 0.3) is 0 Å². The predicted octanol–water partition coefficient (Wildman–Crippen LogP) is 0.428. The topological polar surface area (TPSA) is 52.3 Å². The molecule has 1 radical (unpaired) electrons. The molecule has 0 saturated heterocycles. The molecule has 0 aliphatic carbocycles. The molecule has 0 saturated carbocycles. The Labute approximate surface area is 92.2 Å². The third-order valence-electron chi connectivity index (χ3n) is 1.07. The molecule has 0 atom stereocenters. The molecule has 0 aromatic heterocycles. The number of esters is 1. The first-order chi connectivity index (χ1) is 4.63. The van der Waals surface area contributed by atoms with Gasteiger partial charge in [0.05, 0.1) is 7.11 Å². The molecule has 0 spiro atoms. The van der Waals surface area contributed by atoms with E-state index < -0.39 is 5.97 Å². The number of nitrogens with two attached hydrogens (primary N) is 1. The second-order valence-corrected chi connectivity index (χ2v) is 1.75. The summed E-state index contributed by atoms with van der Waals surface area (Å²) in [7, 11) is 1.29. The molecule has 4 heteroatoms. The smallest absolute Gasteiger partial charge is 0.249 e. The molecular weight excluding hydrogens is 219 g/mol. The molecule has 0 amide bonds. The largest absolute Gasteiger partial charge is 0.479 e. The van der Waals surface area contributed by atoms with Crippen LogP contribution in [-0.2, 0) is 42.2 Å². The van der Waals surface area contributed by atoms with E-state index in [1.165, 1.54) is 7.11 Å². The van der Waals surface area contributed by atoms with Crippen LogP contribution in [0.5, 0.6) is 0 Å². The van der Waals surface area contributed by atoms with Crippen molar-refractivity contribution < 1.29 is 42.2 Å². The van der Waals surface area contributed by atoms with Crippen LogP contribution in [0.1, 0.15) is 6.42 Å². The fourth-order valence-corrected chi connectivity index (χ4v) is 0.517. The number of allylic oxidation sites excluding steroid dienone is 1. The van der Waals surface area contributed by atoms with Crippen LogP contribution < -0.4 is 5.73 Å². The van der Waals surface area contributed by atoms with Crippen LogP contribution in [0.3, 0.4) is 0 Å². The summed E-state index contributed by atoms with van der Waals surface area (Å²) in [5.74, 6) is -0.456. The van der Waals surface area contributed by atoms with Crippen LogP contribution in [0.15, 0.2) is 11.3 Å². The Morgan fingerprint density at radius 2 is 2.09 bits per heavy atom. The number of methoxy groups -OCH3 is 1. The zero-order valence-corrected chi connectivity index (χ0v) is 9.43. The van der Waals surface area contributed by atoms with Crippen molar-refractivity contribution in [2.45, 2.75) is 6.42 Å². The molecule has 3 nitrogen and oxygen atoms in total. The summed E-state index contributed by atoms with van der Waals surface area (Å²) >= 11 is 0. The molecule has 0 aromatic carbocycles. The number of carbonyl (C=O) groups excluding carboxylic acids is 1. The fraction of sp³-hybridized carbons (Fsp3) is 0.286. The van der Waals surface area contributed by atoms with E-state index in [-0.39, 0.29) is 38.4 Å². The number of hydrogen-bond acceptors (Lipinski definition) is 3. The molecule has 0 heterocycles. The molecule has 0 aromatic rings. The first-order valence-electron chi connectivity index (χ1n) is 2.81. The van der Waals surface area contributed by atoms with E-state index in [9.17, 15) is 4.79 Å². The zero-order valence-electron chi connectivity index (χ0n) is 6.59. The van der Waals surface area contributed by atoms with Crippen LogP contribution in [0, 0.1) is 13.8 Å². The second kappa shape index (κ2) is 6.68. The maximum Gasteiger partial charge on any atom is 0.249 e. The van der Waals surface area contributed by atoms with E-state index in [4.69, 9.17) is 5.73 Å². The van der Waals surface area contributed by atoms with Crippen LogP contribution in [0.2, 0.25) is 0 Å². The van der Waals surface area contributed by atoms with Gasteiger partial charge in [0.25, 0.3) is 0 Å². The van der Waals surface area contributed by atoms with Crippen molar-refractivity contribution in [3.05, 3.63) is 25.1 Å². The van der Waals surface area contributed by atoms with Gasteiger partial charge in [-0.3, -0.25) is 4.79 Å². The Balaban J connectivity index is 0. The van der Waals surface area contributed by atoms with Crippen LogP contribution >= 0.6 is 0 Å². The minimum Gasteiger partial charge on any atom is -0.479 e. The maximum atomic E-state index is 10.7. The maximum absolute atomic E-state index is 10.7. The van der Waals surface area contributed by atoms with Crippen molar-refractivity contribution in [1.29, 1.82) is 0 Å². The SMILES string of the molecule is [CH2-]C/C(C(=O)OC)=C(\[CH2-])N.[Y]. The third-order valence-corrected chi connectivity index (χ3v) is 1.07. The van der Waals surface area contributed by atoms with Gasteiger partial charge >= 0.3 is 0 Å². The van der Waals surface area contributed by atoms with E-state index in [1.54, 1.807) is 0 Å². The van der Waals surface area contributed by atoms with Crippen molar-refractivity contribution in [3.63, 3.8) is 0 Å². The van der Waals surface area contributed by atoms with Crippen LogP contribution in [-0.4, -0.2) is 13.1 Å².